The first-order chi connectivity index (χ1) is 4.29. The fourth-order valence-electron chi connectivity index (χ4n) is 0.500. The molecule has 0 saturated heterocycles. The predicted octanol–water partition coefficient (Wildman–Crippen LogP) is -0.713. The van der Waals surface area contributed by atoms with Crippen LogP contribution in [0.3, 0.4) is 0 Å². The zero-order valence-electron chi connectivity index (χ0n) is 5.09. The van der Waals surface area contributed by atoms with E-state index in [4.69, 9.17) is 4.74 Å². The summed E-state index contributed by atoms with van der Waals surface area (Å²) in [4.78, 5) is 13.9. The van der Waals surface area contributed by atoms with Gasteiger partial charge >= 0.3 is 41.6 Å². The molecule has 1 heterocycles. The zero-order valence-corrected chi connectivity index (χ0v) is 5.09. The molecule has 1 aliphatic rings. The number of esters is 1. The Balaban J connectivity index is 0.000000810. The summed E-state index contributed by atoms with van der Waals surface area (Å²) in [6, 6.07) is 0. The van der Waals surface area contributed by atoms with E-state index in [9.17, 15) is 4.79 Å². The van der Waals surface area contributed by atoms with E-state index in [1.54, 1.807) is 0 Å². The number of rotatable bonds is 0. The maximum absolute atomic E-state index is 10.2. The first kappa shape index (κ1) is 9.94. The molecule has 0 aliphatic carbocycles. The number of aliphatic imine (C=N–C) groups is 1. The van der Waals surface area contributed by atoms with Crippen molar-refractivity contribution in [2.45, 2.75) is 6.92 Å². The van der Waals surface area contributed by atoms with Crippen LogP contribution in [0.15, 0.2) is 4.99 Å². The van der Waals surface area contributed by atoms with E-state index >= 15 is 0 Å². The Bertz CT molecular complexity index is 157. The van der Waals surface area contributed by atoms with Gasteiger partial charge in [0.1, 0.15) is 6.61 Å². The van der Waals surface area contributed by atoms with Gasteiger partial charge in [0.2, 0.25) is 0 Å². The summed E-state index contributed by atoms with van der Waals surface area (Å²) in [5, 5.41) is 0. The van der Waals surface area contributed by atoms with E-state index in [0.717, 1.165) is 0 Å². The summed E-state index contributed by atoms with van der Waals surface area (Å²) < 4.78 is 9.27. The van der Waals surface area contributed by atoms with Crippen molar-refractivity contribution < 1.29 is 14.3 Å². The average molecular weight is 153 g/mol. The molecule has 1 rings (SSSR count). The Labute approximate surface area is 80.9 Å². The van der Waals surface area contributed by atoms with Gasteiger partial charge in [0, 0.05) is 6.92 Å². The van der Waals surface area contributed by atoms with Gasteiger partial charge in [-0.3, -0.25) is 4.79 Å². The number of hydrogen-bond acceptors (Lipinski definition) is 4. The molecule has 0 aromatic heterocycles. The standard InChI is InChI=1S/C5H7NO3.Na.H/c1-4(7)9-5-6-2-3-8-5;;/h2-3H2,1H3;;. The molecule has 0 atom stereocenters. The van der Waals surface area contributed by atoms with E-state index in [0.29, 0.717) is 13.2 Å². The molecule has 0 unspecified atom stereocenters. The van der Waals surface area contributed by atoms with Crippen LogP contribution in [0.2, 0.25) is 0 Å². The van der Waals surface area contributed by atoms with Gasteiger partial charge in [-0.2, -0.15) is 0 Å². The van der Waals surface area contributed by atoms with Gasteiger partial charge < -0.3 is 9.47 Å². The van der Waals surface area contributed by atoms with Gasteiger partial charge in [-0.25, -0.2) is 4.99 Å². The second-order valence-corrected chi connectivity index (χ2v) is 1.59. The Morgan fingerprint density at radius 3 is 2.90 bits per heavy atom. The molecule has 10 heavy (non-hydrogen) atoms. The summed E-state index contributed by atoms with van der Waals surface area (Å²) in [7, 11) is 0. The van der Waals surface area contributed by atoms with Crippen molar-refractivity contribution in [1.82, 2.24) is 0 Å². The topological polar surface area (TPSA) is 47.9 Å². The first-order valence-corrected chi connectivity index (χ1v) is 2.65. The number of nitrogens with zero attached hydrogens (tertiary/aromatic N) is 1. The summed E-state index contributed by atoms with van der Waals surface area (Å²) in [5.74, 6) is -0.393. The van der Waals surface area contributed by atoms with Gasteiger partial charge in [-0.15, -0.1) is 0 Å². The van der Waals surface area contributed by atoms with Crippen molar-refractivity contribution in [3.63, 3.8) is 0 Å². The molecule has 0 amide bonds. The molecule has 0 spiro atoms. The molecule has 52 valence electrons. The third-order valence-corrected chi connectivity index (χ3v) is 0.789. The van der Waals surface area contributed by atoms with Gasteiger partial charge in [0.25, 0.3) is 0 Å². The Morgan fingerprint density at radius 1 is 1.80 bits per heavy atom. The van der Waals surface area contributed by atoms with Gasteiger partial charge in [-0.05, 0) is 0 Å². The molecule has 0 radical (unpaired) electrons. The van der Waals surface area contributed by atoms with E-state index in [1.807, 2.05) is 0 Å². The molecule has 5 heteroatoms. The van der Waals surface area contributed by atoms with E-state index < -0.39 is 5.97 Å². The minimum atomic E-state index is -0.393. The van der Waals surface area contributed by atoms with Crippen LogP contribution in [0.5, 0.6) is 0 Å². The normalized spacial score (nSPS) is 14.7. The molecule has 0 fully saturated rings. The van der Waals surface area contributed by atoms with Crippen LogP contribution < -0.4 is 0 Å². The molecular weight excluding hydrogens is 145 g/mol. The van der Waals surface area contributed by atoms with E-state index in [-0.39, 0.29) is 35.6 Å². The van der Waals surface area contributed by atoms with Gasteiger partial charge in [-0.1, -0.05) is 0 Å². The molecule has 1 aliphatic heterocycles. The van der Waals surface area contributed by atoms with E-state index in [2.05, 4.69) is 9.73 Å². The Kier molecular flexibility index (Phi) is 4.68. The summed E-state index contributed by atoms with van der Waals surface area (Å²) in [6.07, 6.45) is 0.0995. The molecule has 0 aromatic carbocycles. The van der Waals surface area contributed by atoms with Crippen LogP contribution in [0, 0.1) is 0 Å². The van der Waals surface area contributed by atoms with E-state index in [1.165, 1.54) is 6.92 Å². The molecule has 0 N–H and O–H groups in total. The molecule has 4 nitrogen and oxygen atoms in total. The van der Waals surface area contributed by atoms with Crippen LogP contribution in [0.1, 0.15) is 6.92 Å². The number of ether oxygens (including phenoxy) is 2. The zero-order chi connectivity index (χ0) is 6.69. The molecule has 0 aromatic rings. The fraction of sp³-hybridized carbons (Fsp3) is 0.600. The Morgan fingerprint density at radius 2 is 2.50 bits per heavy atom. The summed E-state index contributed by atoms with van der Waals surface area (Å²) in [6.45, 7) is 2.41. The van der Waals surface area contributed by atoms with Crippen molar-refractivity contribution in [3.8, 4) is 0 Å². The third kappa shape index (κ3) is 3.20. The van der Waals surface area contributed by atoms with Gasteiger partial charge in [0.15, 0.2) is 0 Å². The quantitative estimate of drug-likeness (QED) is 0.341. The van der Waals surface area contributed by atoms with Crippen LogP contribution in [-0.2, 0) is 14.3 Å². The number of hydrogen-bond donors (Lipinski definition) is 0. The van der Waals surface area contributed by atoms with Crippen molar-refractivity contribution in [2.75, 3.05) is 13.2 Å². The fourth-order valence-corrected chi connectivity index (χ4v) is 0.500. The monoisotopic (exact) mass is 153 g/mol. The van der Waals surface area contributed by atoms with Crippen LogP contribution in [0.25, 0.3) is 0 Å². The average Bonchev–Trinajstić information content (AvgIpc) is 2.15. The van der Waals surface area contributed by atoms with Gasteiger partial charge in [0.05, 0.1) is 6.54 Å². The predicted molar refractivity (Wildman–Crippen MR) is 37.2 cm³/mol. The number of carbonyl (C=O) groups is 1. The summed E-state index contributed by atoms with van der Waals surface area (Å²) >= 11 is 0. The minimum absolute atomic E-state index is 0. The number of carbonyl (C=O) groups excluding carboxylic acids is 1. The Hall–Kier alpha value is -0.0600. The SMILES string of the molecule is CC(=O)OC1=NCCO1.[NaH]. The van der Waals surface area contributed by atoms with Crippen molar-refractivity contribution in [1.29, 1.82) is 0 Å². The second-order valence-electron chi connectivity index (χ2n) is 1.59. The maximum atomic E-state index is 10.2. The van der Waals surface area contributed by atoms with Crippen molar-refractivity contribution in [2.24, 2.45) is 4.99 Å². The first-order valence-electron chi connectivity index (χ1n) is 2.65. The van der Waals surface area contributed by atoms with Crippen LogP contribution in [0.4, 0.5) is 0 Å². The third-order valence-electron chi connectivity index (χ3n) is 0.789. The summed E-state index contributed by atoms with van der Waals surface area (Å²) in [5.41, 5.74) is 0. The van der Waals surface area contributed by atoms with Crippen molar-refractivity contribution >= 4 is 41.6 Å². The molecule has 0 bridgehead atoms. The van der Waals surface area contributed by atoms with Crippen LogP contribution >= 0.6 is 0 Å². The molecule has 0 saturated carbocycles. The molecular formula is C5H8NNaO3. The second kappa shape index (κ2) is 4.71. The van der Waals surface area contributed by atoms with Crippen LogP contribution in [-0.4, -0.2) is 54.8 Å². The van der Waals surface area contributed by atoms with Crippen molar-refractivity contribution in [3.05, 3.63) is 0 Å².